The van der Waals surface area contributed by atoms with E-state index in [1.54, 1.807) is 7.11 Å². The van der Waals surface area contributed by atoms with Gasteiger partial charge in [0.15, 0.2) is 5.78 Å². The predicted molar refractivity (Wildman–Crippen MR) is 68.4 cm³/mol. The number of rotatable bonds is 5. The summed E-state index contributed by atoms with van der Waals surface area (Å²) < 4.78 is 5.20. The van der Waals surface area contributed by atoms with Gasteiger partial charge in [-0.15, -0.1) is 0 Å². The summed E-state index contributed by atoms with van der Waals surface area (Å²) in [6.45, 7) is 0. The first-order chi connectivity index (χ1) is 7.22. The smallest absolute Gasteiger partial charge is 0.167 e. The molecule has 15 heavy (non-hydrogen) atoms. The number of benzene rings is 1. The van der Waals surface area contributed by atoms with E-state index in [0.29, 0.717) is 23.1 Å². The van der Waals surface area contributed by atoms with Gasteiger partial charge in [0.25, 0.3) is 0 Å². The molecule has 1 aromatic carbocycles. The van der Waals surface area contributed by atoms with Crippen LogP contribution in [0.3, 0.4) is 0 Å². The van der Waals surface area contributed by atoms with Crippen molar-refractivity contribution in [2.75, 3.05) is 12.4 Å². The van der Waals surface area contributed by atoms with Gasteiger partial charge < -0.3 is 4.74 Å². The first kappa shape index (κ1) is 12.7. The normalized spacial score (nSPS) is 10.1. The van der Waals surface area contributed by atoms with Crippen molar-refractivity contribution in [2.45, 2.75) is 11.8 Å². The molecule has 0 saturated carbocycles. The summed E-state index contributed by atoms with van der Waals surface area (Å²) in [5.41, 5.74) is 1.75. The van der Waals surface area contributed by atoms with E-state index in [2.05, 4.69) is 31.9 Å². The fourth-order valence-corrected chi connectivity index (χ4v) is 1.98. The zero-order valence-electron chi connectivity index (χ0n) is 8.43. The summed E-state index contributed by atoms with van der Waals surface area (Å²) in [4.78, 5) is 11.7. The average Bonchev–Trinajstić information content (AvgIpc) is 2.28. The van der Waals surface area contributed by atoms with E-state index >= 15 is 0 Å². The van der Waals surface area contributed by atoms with Gasteiger partial charge in [-0.05, 0) is 17.7 Å². The third-order valence-electron chi connectivity index (χ3n) is 2.04. The standard InChI is InChI=1S/C11H12Br2O2/c1-15-11-6-8(7-13)2-3-9(11)10(14)4-5-12/h2-3,6H,4-5,7H2,1H3. The van der Waals surface area contributed by atoms with Crippen LogP contribution in [0.15, 0.2) is 18.2 Å². The predicted octanol–water partition coefficient (Wildman–Crippen LogP) is 3.56. The maximum Gasteiger partial charge on any atom is 0.167 e. The first-order valence-electron chi connectivity index (χ1n) is 4.55. The second-order valence-electron chi connectivity index (χ2n) is 3.03. The number of ether oxygens (including phenoxy) is 1. The molecule has 2 nitrogen and oxygen atoms in total. The molecule has 0 radical (unpaired) electrons. The Labute approximate surface area is 106 Å². The van der Waals surface area contributed by atoms with E-state index in [-0.39, 0.29) is 5.78 Å². The van der Waals surface area contributed by atoms with Crippen LogP contribution in [0.2, 0.25) is 0 Å². The third kappa shape index (κ3) is 3.31. The lowest BCUT2D eigenvalue weighted by molar-refractivity contribution is 0.0987. The second kappa shape index (κ2) is 6.28. The minimum Gasteiger partial charge on any atom is -0.496 e. The highest BCUT2D eigenvalue weighted by atomic mass is 79.9. The maximum atomic E-state index is 11.7. The summed E-state index contributed by atoms with van der Waals surface area (Å²) in [7, 11) is 1.58. The molecule has 0 spiro atoms. The lowest BCUT2D eigenvalue weighted by Crippen LogP contribution is -2.03. The van der Waals surface area contributed by atoms with Gasteiger partial charge in [-0.1, -0.05) is 37.9 Å². The highest BCUT2D eigenvalue weighted by molar-refractivity contribution is 9.09. The lowest BCUT2D eigenvalue weighted by Gasteiger charge is -2.08. The summed E-state index contributed by atoms with van der Waals surface area (Å²) in [5, 5.41) is 1.44. The van der Waals surface area contributed by atoms with Crippen molar-refractivity contribution < 1.29 is 9.53 Å². The van der Waals surface area contributed by atoms with Gasteiger partial charge in [0, 0.05) is 17.1 Å². The molecule has 0 bridgehead atoms. The van der Waals surface area contributed by atoms with E-state index < -0.39 is 0 Å². The van der Waals surface area contributed by atoms with Crippen LogP contribution in [0.4, 0.5) is 0 Å². The molecule has 0 aromatic heterocycles. The second-order valence-corrected chi connectivity index (χ2v) is 4.38. The average molecular weight is 336 g/mol. The molecule has 1 rings (SSSR count). The zero-order chi connectivity index (χ0) is 11.3. The number of methoxy groups -OCH3 is 1. The van der Waals surface area contributed by atoms with Crippen LogP contribution >= 0.6 is 31.9 Å². The Morgan fingerprint density at radius 3 is 2.67 bits per heavy atom. The topological polar surface area (TPSA) is 26.3 Å². The van der Waals surface area contributed by atoms with Crippen molar-refractivity contribution >= 4 is 37.6 Å². The molecule has 0 aliphatic heterocycles. The number of hydrogen-bond donors (Lipinski definition) is 0. The first-order valence-corrected chi connectivity index (χ1v) is 6.79. The molecule has 1 aromatic rings. The molecule has 82 valence electrons. The van der Waals surface area contributed by atoms with Gasteiger partial charge in [0.1, 0.15) is 5.75 Å². The molecular weight excluding hydrogens is 324 g/mol. The van der Waals surface area contributed by atoms with Crippen molar-refractivity contribution in [1.29, 1.82) is 0 Å². The summed E-state index contributed by atoms with van der Waals surface area (Å²) in [5.74, 6) is 0.753. The van der Waals surface area contributed by atoms with Gasteiger partial charge in [-0.3, -0.25) is 4.79 Å². The molecular formula is C11H12Br2O2. The van der Waals surface area contributed by atoms with E-state index in [4.69, 9.17) is 4.74 Å². The minimum atomic E-state index is 0.102. The Bertz CT molecular complexity index is 350. The van der Waals surface area contributed by atoms with Crippen LogP contribution in [-0.4, -0.2) is 18.2 Å². The molecule has 0 amide bonds. The fourth-order valence-electron chi connectivity index (χ4n) is 1.27. The number of carbonyl (C=O) groups is 1. The van der Waals surface area contributed by atoms with Crippen molar-refractivity contribution in [3.05, 3.63) is 29.3 Å². The molecule has 0 N–H and O–H groups in total. The van der Waals surface area contributed by atoms with Crippen LogP contribution in [0, 0.1) is 0 Å². The molecule has 0 atom stereocenters. The van der Waals surface area contributed by atoms with E-state index in [1.165, 1.54) is 0 Å². The highest BCUT2D eigenvalue weighted by Gasteiger charge is 2.11. The van der Waals surface area contributed by atoms with Crippen LogP contribution < -0.4 is 4.74 Å². The number of hydrogen-bond acceptors (Lipinski definition) is 2. The van der Waals surface area contributed by atoms with Crippen molar-refractivity contribution in [2.24, 2.45) is 0 Å². The van der Waals surface area contributed by atoms with Crippen LogP contribution in [0.1, 0.15) is 22.3 Å². The van der Waals surface area contributed by atoms with Crippen LogP contribution in [0.5, 0.6) is 5.75 Å². The Balaban J connectivity index is 3.02. The Morgan fingerprint density at radius 1 is 1.40 bits per heavy atom. The number of ketones is 1. The van der Waals surface area contributed by atoms with Crippen LogP contribution in [0.25, 0.3) is 0 Å². The van der Waals surface area contributed by atoms with E-state index in [0.717, 1.165) is 10.9 Å². The highest BCUT2D eigenvalue weighted by Crippen LogP contribution is 2.23. The molecule has 0 saturated heterocycles. The zero-order valence-corrected chi connectivity index (χ0v) is 11.6. The molecule has 0 heterocycles. The minimum absolute atomic E-state index is 0.102. The van der Waals surface area contributed by atoms with E-state index in [9.17, 15) is 4.79 Å². The SMILES string of the molecule is COc1cc(CBr)ccc1C(=O)CCBr. The molecule has 0 aliphatic rings. The Morgan fingerprint density at radius 2 is 2.13 bits per heavy atom. The van der Waals surface area contributed by atoms with Gasteiger partial charge in [-0.25, -0.2) is 0 Å². The quantitative estimate of drug-likeness (QED) is 0.607. The molecule has 0 fully saturated rings. The molecule has 0 unspecified atom stereocenters. The summed E-state index contributed by atoms with van der Waals surface area (Å²) in [6, 6.07) is 5.63. The van der Waals surface area contributed by atoms with Gasteiger partial charge in [0.2, 0.25) is 0 Å². The van der Waals surface area contributed by atoms with Crippen molar-refractivity contribution in [1.82, 2.24) is 0 Å². The third-order valence-corrected chi connectivity index (χ3v) is 3.09. The van der Waals surface area contributed by atoms with Crippen molar-refractivity contribution in [3.63, 3.8) is 0 Å². The van der Waals surface area contributed by atoms with Crippen LogP contribution in [-0.2, 0) is 5.33 Å². The van der Waals surface area contributed by atoms with Gasteiger partial charge in [-0.2, -0.15) is 0 Å². The molecule has 0 aliphatic carbocycles. The van der Waals surface area contributed by atoms with Crippen molar-refractivity contribution in [3.8, 4) is 5.75 Å². The number of halogens is 2. The largest absolute Gasteiger partial charge is 0.496 e. The Hall–Kier alpha value is -0.350. The maximum absolute atomic E-state index is 11.7. The monoisotopic (exact) mass is 334 g/mol. The Kier molecular flexibility index (Phi) is 5.32. The summed E-state index contributed by atoms with van der Waals surface area (Å²) >= 11 is 6.62. The van der Waals surface area contributed by atoms with E-state index in [1.807, 2.05) is 18.2 Å². The fraction of sp³-hybridized carbons (Fsp3) is 0.364. The molecule has 4 heteroatoms. The number of carbonyl (C=O) groups excluding carboxylic acids is 1. The number of alkyl halides is 2. The van der Waals surface area contributed by atoms with Gasteiger partial charge >= 0.3 is 0 Å². The lowest BCUT2D eigenvalue weighted by atomic mass is 10.1. The number of Topliss-reactive ketones (excluding diaryl/α,β-unsaturated/α-hetero) is 1. The summed E-state index contributed by atoms with van der Waals surface area (Å²) in [6.07, 6.45) is 0.490. The van der Waals surface area contributed by atoms with Gasteiger partial charge in [0.05, 0.1) is 12.7 Å².